The van der Waals surface area contributed by atoms with Crippen molar-refractivity contribution >= 4 is 27.7 Å². The molecule has 2 saturated carbocycles. The number of hydrogen-bond acceptors (Lipinski definition) is 7. The lowest BCUT2D eigenvalue weighted by molar-refractivity contribution is -0.141. The maximum Gasteiger partial charge on any atom is 0.225 e. The maximum absolute atomic E-state index is 14.4. The lowest BCUT2D eigenvalue weighted by Crippen LogP contribution is -2.55. The van der Waals surface area contributed by atoms with E-state index in [1.807, 2.05) is 20.8 Å². The molecule has 47 heavy (non-hydrogen) atoms. The first kappa shape index (κ1) is 41.3. The highest BCUT2D eigenvalue weighted by atomic mass is 32.2. The maximum atomic E-state index is 14.4. The van der Waals surface area contributed by atoms with E-state index < -0.39 is 70.0 Å². The SMILES string of the molecule is CCCCN(CC(O)C(CC1CC(F)CC(F)C1)NC(=O)C1CC(C(N)=O)CC(C(=O)N(CCC)CCC)C1)NS(=O)(=O)CC(C)C. The van der Waals surface area contributed by atoms with Gasteiger partial charge in [-0.05, 0) is 69.6 Å². The van der Waals surface area contributed by atoms with Crippen LogP contribution in [0.25, 0.3) is 0 Å². The largest absolute Gasteiger partial charge is 0.390 e. The quantitative estimate of drug-likeness (QED) is 0.142. The molecule has 5 N–H and O–H groups in total. The molecule has 0 radical (unpaired) electrons. The van der Waals surface area contributed by atoms with E-state index in [1.165, 1.54) is 5.01 Å². The topological polar surface area (TPSA) is 162 Å². The van der Waals surface area contributed by atoms with Gasteiger partial charge in [0.1, 0.15) is 12.3 Å². The molecule has 0 aliphatic heterocycles. The summed E-state index contributed by atoms with van der Waals surface area (Å²) in [4.78, 5) is 44.1. The molecule has 0 bridgehead atoms. The smallest absolute Gasteiger partial charge is 0.225 e. The second kappa shape index (κ2) is 19.9. The first-order valence-electron chi connectivity index (χ1n) is 17.7. The fourth-order valence-corrected chi connectivity index (χ4v) is 8.61. The van der Waals surface area contributed by atoms with Crippen molar-refractivity contribution < 1.29 is 36.7 Å². The van der Waals surface area contributed by atoms with Gasteiger partial charge >= 0.3 is 0 Å². The molecule has 0 aromatic rings. The number of hydrogen-bond donors (Lipinski definition) is 4. The van der Waals surface area contributed by atoms with E-state index in [0.29, 0.717) is 26.1 Å². The molecule has 3 amide bonds. The Labute approximate surface area is 281 Å². The van der Waals surface area contributed by atoms with E-state index in [9.17, 15) is 36.7 Å². The number of carbonyl (C=O) groups excluding carboxylic acids is 3. The molecule has 0 heterocycles. The van der Waals surface area contributed by atoms with Crippen LogP contribution in [-0.4, -0.2) is 97.6 Å². The van der Waals surface area contributed by atoms with Crippen LogP contribution in [0.2, 0.25) is 0 Å². The number of nitrogens with zero attached hydrogens (tertiary/aromatic N) is 2. The van der Waals surface area contributed by atoms with Crippen LogP contribution < -0.4 is 15.9 Å². The Kier molecular flexibility index (Phi) is 17.5. The van der Waals surface area contributed by atoms with Crippen LogP contribution in [0.15, 0.2) is 0 Å². The summed E-state index contributed by atoms with van der Waals surface area (Å²) in [5.74, 6) is -3.86. The van der Waals surface area contributed by atoms with Crippen molar-refractivity contribution in [2.24, 2.45) is 35.3 Å². The number of sulfonamides is 1. The predicted molar refractivity (Wildman–Crippen MR) is 179 cm³/mol. The Morgan fingerprint density at radius 3 is 1.98 bits per heavy atom. The second-order valence-electron chi connectivity index (χ2n) is 14.3. The van der Waals surface area contributed by atoms with Gasteiger partial charge in [-0.25, -0.2) is 22.2 Å². The highest BCUT2D eigenvalue weighted by molar-refractivity contribution is 7.89. The standard InChI is InChI=1S/C33H61F2N5O6S/c1-6-9-12-40(38-47(45,46)21-22(4)5)20-30(41)29(15-23-13-27(34)19-28(35)14-23)37-32(43)25-16-24(31(36)42)17-26(18-25)33(44)39(10-7-2)11-8-3/h22-30,38,41H,6-21H2,1-5H3,(H2,36,42)(H,37,43). The van der Waals surface area contributed by atoms with E-state index >= 15 is 0 Å². The highest BCUT2D eigenvalue weighted by Gasteiger charge is 2.41. The van der Waals surface area contributed by atoms with Crippen LogP contribution >= 0.6 is 0 Å². The number of alkyl halides is 2. The summed E-state index contributed by atoms with van der Waals surface area (Å²) < 4.78 is 54.3. The monoisotopic (exact) mass is 693 g/mol. The minimum Gasteiger partial charge on any atom is -0.390 e. The van der Waals surface area contributed by atoms with Gasteiger partial charge in [0.2, 0.25) is 27.7 Å². The summed E-state index contributed by atoms with van der Waals surface area (Å²) in [5.41, 5.74) is 5.69. The summed E-state index contributed by atoms with van der Waals surface area (Å²) in [6.07, 6.45) is -0.303. The molecule has 2 aliphatic carbocycles. The van der Waals surface area contributed by atoms with Gasteiger partial charge in [-0.1, -0.05) is 41.0 Å². The van der Waals surface area contributed by atoms with Gasteiger partial charge in [-0.2, -0.15) is 0 Å². The summed E-state index contributed by atoms with van der Waals surface area (Å²) in [7, 11) is -3.71. The van der Waals surface area contributed by atoms with Crippen molar-refractivity contribution in [3.05, 3.63) is 0 Å². The number of hydrazine groups is 1. The predicted octanol–water partition coefficient (Wildman–Crippen LogP) is 3.46. The van der Waals surface area contributed by atoms with Crippen LogP contribution in [0.5, 0.6) is 0 Å². The molecule has 274 valence electrons. The molecular weight excluding hydrogens is 632 g/mol. The second-order valence-corrected chi connectivity index (χ2v) is 16.0. The van der Waals surface area contributed by atoms with Crippen LogP contribution in [0, 0.1) is 29.6 Å². The van der Waals surface area contributed by atoms with Crippen molar-refractivity contribution in [3.63, 3.8) is 0 Å². The summed E-state index contributed by atoms with van der Waals surface area (Å²) >= 11 is 0. The summed E-state index contributed by atoms with van der Waals surface area (Å²) in [5, 5.41) is 15.9. The fourth-order valence-electron chi connectivity index (χ4n) is 7.10. The van der Waals surface area contributed by atoms with Crippen molar-refractivity contribution in [2.45, 2.75) is 130 Å². The Balaban J connectivity index is 2.32. The fraction of sp³-hybridized carbons (Fsp3) is 0.909. The van der Waals surface area contributed by atoms with Gasteiger partial charge in [0.15, 0.2) is 0 Å². The van der Waals surface area contributed by atoms with Gasteiger partial charge < -0.3 is 21.1 Å². The molecule has 11 nitrogen and oxygen atoms in total. The average Bonchev–Trinajstić information content (AvgIpc) is 2.97. The van der Waals surface area contributed by atoms with E-state index in [-0.39, 0.29) is 69.1 Å². The van der Waals surface area contributed by atoms with Gasteiger partial charge in [-0.15, -0.1) is 4.83 Å². The Hall–Kier alpha value is -1.90. The van der Waals surface area contributed by atoms with Crippen LogP contribution in [0.3, 0.4) is 0 Å². The molecule has 7 unspecified atom stereocenters. The zero-order chi connectivity index (χ0) is 35.3. The molecule has 0 spiro atoms. The molecule has 2 aliphatic rings. The first-order valence-corrected chi connectivity index (χ1v) is 19.3. The minimum absolute atomic E-state index is 0.0865. The van der Waals surface area contributed by atoms with Gasteiger partial charge in [-0.3, -0.25) is 14.4 Å². The number of halogens is 2. The molecule has 0 aromatic carbocycles. The number of aliphatic hydroxyl groups is 1. The third-order valence-corrected chi connectivity index (χ3v) is 10.8. The van der Waals surface area contributed by atoms with E-state index in [1.54, 1.807) is 18.7 Å². The van der Waals surface area contributed by atoms with Gasteiger partial charge in [0, 0.05) is 50.4 Å². The Bertz CT molecular complexity index is 1080. The van der Waals surface area contributed by atoms with Crippen molar-refractivity contribution in [1.82, 2.24) is 20.1 Å². The number of carbonyl (C=O) groups is 3. The summed E-state index contributed by atoms with van der Waals surface area (Å²) in [6.45, 7) is 10.8. The first-order chi connectivity index (χ1) is 22.1. The number of nitrogens with one attached hydrogen (secondary N) is 2. The lowest BCUT2D eigenvalue weighted by Gasteiger charge is -2.37. The molecule has 14 heteroatoms. The minimum atomic E-state index is -3.71. The number of nitrogens with two attached hydrogens (primary N) is 1. The van der Waals surface area contributed by atoms with Crippen LogP contribution in [0.1, 0.15) is 105 Å². The van der Waals surface area contributed by atoms with Crippen LogP contribution in [0.4, 0.5) is 8.78 Å². The van der Waals surface area contributed by atoms with Gasteiger partial charge in [0.25, 0.3) is 0 Å². The van der Waals surface area contributed by atoms with Crippen LogP contribution in [-0.2, 0) is 24.4 Å². The molecule has 2 rings (SSSR count). The Morgan fingerprint density at radius 1 is 0.872 bits per heavy atom. The van der Waals surface area contributed by atoms with E-state index in [4.69, 9.17) is 5.73 Å². The number of rotatable bonds is 20. The molecule has 0 aromatic heterocycles. The number of primary amides is 1. The van der Waals surface area contributed by atoms with Gasteiger partial charge in [0.05, 0.1) is 17.9 Å². The third kappa shape index (κ3) is 14.2. The zero-order valence-corrected chi connectivity index (χ0v) is 30.0. The molecule has 0 saturated heterocycles. The Morgan fingerprint density at radius 2 is 1.45 bits per heavy atom. The number of amides is 3. The normalized spacial score (nSPS) is 26.6. The highest BCUT2D eigenvalue weighted by Crippen LogP contribution is 2.36. The lowest BCUT2D eigenvalue weighted by atomic mass is 9.73. The molecular formula is C33H61F2N5O6S. The number of aliphatic hydroxyl groups excluding tert-OH is 1. The van der Waals surface area contributed by atoms with Crippen molar-refractivity contribution in [1.29, 1.82) is 0 Å². The van der Waals surface area contributed by atoms with Crippen molar-refractivity contribution in [3.8, 4) is 0 Å². The van der Waals surface area contributed by atoms with E-state index in [0.717, 1.165) is 19.3 Å². The number of unbranched alkanes of at least 4 members (excludes halogenated alkanes) is 1. The van der Waals surface area contributed by atoms with E-state index in [2.05, 4.69) is 10.1 Å². The van der Waals surface area contributed by atoms with Crippen molar-refractivity contribution in [2.75, 3.05) is 31.9 Å². The summed E-state index contributed by atoms with van der Waals surface area (Å²) in [6, 6.07) is -0.955. The zero-order valence-electron chi connectivity index (χ0n) is 29.1. The average molecular weight is 694 g/mol. The molecule has 2 fully saturated rings. The third-order valence-electron chi connectivity index (χ3n) is 9.21. The molecule has 7 atom stereocenters.